The van der Waals surface area contributed by atoms with Crippen LogP contribution in [0.1, 0.15) is 171 Å². The smallest absolute Gasteiger partial charge is 0.254 e. The summed E-state index contributed by atoms with van der Waals surface area (Å²) in [6.45, 7) is 33.9. The Morgan fingerprint density at radius 3 is 1.33 bits per heavy atom. The Balaban J connectivity index is 0.000000257. The van der Waals surface area contributed by atoms with Gasteiger partial charge in [0, 0.05) is 137 Å². The molecule has 0 aliphatic carbocycles. The number of methoxy groups -OCH3 is 7. The van der Waals surface area contributed by atoms with Crippen LogP contribution in [0.25, 0.3) is 18.2 Å². The zero-order chi connectivity index (χ0) is 80.6. The highest BCUT2D eigenvalue weighted by Crippen LogP contribution is 2.39. The number of benzene rings is 4. The van der Waals surface area contributed by atoms with Crippen LogP contribution in [0.5, 0.6) is 17.2 Å². The number of nitrogens with two attached hydrogens (primary N) is 1. The maximum absolute atomic E-state index is 13.8. The molecule has 3 unspecified atom stereocenters. The third-order valence-corrected chi connectivity index (χ3v) is 21.1. The molecule has 21 heteroatoms. The molecule has 6 aliphatic heterocycles. The van der Waals surface area contributed by atoms with Gasteiger partial charge in [0.05, 0.1) is 53.8 Å². The van der Waals surface area contributed by atoms with Crippen LogP contribution in [0.3, 0.4) is 0 Å². The van der Waals surface area contributed by atoms with E-state index in [1.807, 2.05) is 30.0 Å². The molecule has 6 atom stereocenters. The quantitative estimate of drug-likeness (QED) is 0.0304. The van der Waals surface area contributed by atoms with Crippen LogP contribution in [0, 0.1) is 11.3 Å². The first-order valence-electron chi connectivity index (χ1n) is 42.2. The summed E-state index contributed by atoms with van der Waals surface area (Å²) in [6.07, 6.45) is 27.2. The number of carbonyl (C=O) groups is 1. The van der Waals surface area contributed by atoms with Gasteiger partial charge in [0.2, 0.25) is 5.75 Å². The van der Waals surface area contributed by atoms with Crippen molar-refractivity contribution in [3.8, 4) is 23.3 Å². The summed E-state index contributed by atoms with van der Waals surface area (Å²) >= 11 is 0. The third kappa shape index (κ3) is 38.5. The Morgan fingerprint density at radius 2 is 0.929 bits per heavy atom. The van der Waals surface area contributed by atoms with E-state index in [-0.39, 0.29) is 12.1 Å². The first-order chi connectivity index (χ1) is 54.8. The Labute approximate surface area is 677 Å². The van der Waals surface area contributed by atoms with Crippen molar-refractivity contribution in [3.63, 3.8) is 0 Å². The Morgan fingerprint density at radius 1 is 0.518 bits per heavy atom. The van der Waals surface area contributed by atoms with Gasteiger partial charge in [-0.2, -0.15) is 5.26 Å². The Bertz CT molecular complexity index is 3070. The lowest BCUT2D eigenvalue weighted by molar-refractivity contribution is -0.0301. The van der Waals surface area contributed by atoms with Crippen LogP contribution in [0.15, 0.2) is 120 Å². The second-order valence-corrected chi connectivity index (χ2v) is 30.1. The van der Waals surface area contributed by atoms with E-state index in [9.17, 15) is 4.79 Å². The fraction of sp³-hybridized carbons (Fsp3) is 0.648. The normalized spacial score (nSPS) is 20.3. The first kappa shape index (κ1) is 96.4. The van der Waals surface area contributed by atoms with Gasteiger partial charge in [0.15, 0.2) is 11.5 Å². The summed E-state index contributed by atoms with van der Waals surface area (Å²) in [4.78, 5) is 28.0. The summed E-state index contributed by atoms with van der Waals surface area (Å²) < 4.78 is 48.6. The van der Waals surface area contributed by atoms with Gasteiger partial charge in [-0.05, 0) is 225 Å². The summed E-state index contributed by atoms with van der Waals surface area (Å²) in [6, 6.07) is 39.3. The van der Waals surface area contributed by atoms with E-state index < -0.39 is 0 Å². The molecule has 0 aromatic heterocycles. The second kappa shape index (κ2) is 60.4. The van der Waals surface area contributed by atoms with Crippen molar-refractivity contribution in [3.05, 3.63) is 142 Å². The summed E-state index contributed by atoms with van der Waals surface area (Å²) in [5.41, 5.74) is 13.5. The van der Waals surface area contributed by atoms with E-state index in [0.29, 0.717) is 72.7 Å². The molecular weight excluding hydrogens is 1410 g/mol. The molecule has 6 heterocycles. The molecule has 6 saturated heterocycles. The fourth-order valence-electron chi connectivity index (χ4n) is 15.6. The van der Waals surface area contributed by atoms with E-state index in [2.05, 4.69) is 165 Å². The monoisotopic (exact) mass is 1560 g/mol. The molecule has 4 aromatic rings. The lowest BCUT2D eigenvalue weighted by atomic mass is 10.1. The molecule has 0 bridgehead atoms. The van der Waals surface area contributed by atoms with Crippen LogP contribution in [0.4, 0.5) is 0 Å². The topological polar surface area (TPSA) is 205 Å². The minimum atomic E-state index is -0.0714. The number of amides is 1. The van der Waals surface area contributed by atoms with Gasteiger partial charge in [-0.3, -0.25) is 29.3 Å². The summed E-state index contributed by atoms with van der Waals surface area (Å²) in [5.74, 6) is 1.33. The van der Waals surface area contributed by atoms with Crippen LogP contribution in [-0.2, 0) is 28.4 Å². The predicted molar refractivity (Wildman–Crippen MR) is 461 cm³/mol. The standard InChI is InChI=1S/C29H40N2O5.2C19H30N2O.C9H20N2O.C9H16N2O.C6H13NO/c1-6-36-27-14-10-15-30(27)16-11-17-31(21-22(2)18-23-12-8-7-9-13-23)29(32)24-19-25(33-3)28(35-5)26(20-24)34-4;1-17(14-18-8-4-3-5-9-18)15-20-11-7-13-21-12-6-10-19(21)16-22-2;1-3-22-19-11-7-13-21(19)14-8-12-20-16-17(2)15-18-9-5-4-6-10-18;2*1-12-8-9-4-2-6-11(9)7-3-5-10;1-8-5-6-3-2-4-7-6/h7-9,12-13,18-20,27H,6,10-11,14-17,21H2,1-5H3;3-5,8-9,14,19-20H,6-7,10-13,15-16H2,1-2H3;4-6,9-10,15,19-20H,3,7-8,11-14,16H2,1-2H3;9H,2-8,10H2,1H3;9H,2-4,6-8H2,1H3;6-7H,2-5H2,1H3/b22-18+;17-14+;17-15+;;;/t;;19-;;9-;6-/m..0.11/s1. The SMILES string of the molecule is CCOC1CCCN1CCCN(C/C(C)=C/c1ccccc1)C(=O)c1cc(OC)c(OC)c(OC)c1.CCO[C@H]1CCCN1CCCNC/C(C)=C/c1ccccc1.COCC1CCCN1CCCN.COCC1CCCN1CCCNC/C(C)=C/c1ccccc1.COC[C@H]1CCCN1.COC[C@H]1CCCN1CCC#N. The third-order valence-electron chi connectivity index (χ3n) is 21.1. The van der Waals surface area contributed by atoms with Crippen molar-refractivity contribution in [1.82, 2.24) is 45.3 Å². The molecule has 5 N–H and O–H groups in total. The molecule has 6 fully saturated rings. The molecular formula is C91H149N11O10. The zero-order valence-corrected chi connectivity index (χ0v) is 71.3. The number of likely N-dealkylation sites (tertiary alicyclic amines) is 5. The van der Waals surface area contributed by atoms with Crippen LogP contribution in [-0.4, -0.2) is 279 Å². The van der Waals surface area contributed by atoms with Gasteiger partial charge in [-0.15, -0.1) is 0 Å². The van der Waals surface area contributed by atoms with Crippen molar-refractivity contribution >= 4 is 24.1 Å². The molecule has 112 heavy (non-hydrogen) atoms. The fourth-order valence-corrected chi connectivity index (χ4v) is 15.6. The number of nitriles is 1. The maximum Gasteiger partial charge on any atom is 0.254 e. The number of ether oxygens (including phenoxy) is 9. The van der Waals surface area contributed by atoms with Crippen molar-refractivity contribution in [1.29, 1.82) is 5.26 Å². The summed E-state index contributed by atoms with van der Waals surface area (Å²) in [7, 11) is 11.7. The molecule has 4 aromatic carbocycles. The molecule has 0 spiro atoms. The van der Waals surface area contributed by atoms with Gasteiger partial charge in [-0.1, -0.05) is 126 Å². The number of nitrogens with zero attached hydrogens (tertiary/aromatic N) is 7. The van der Waals surface area contributed by atoms with Gasteiger partial charge >= 0.3 is 0 Å². The number of carbonyl (C=O) groups excluding carboxylic acids is 1. The van der Waals surface area contributed by atoms with Crippen LogP contribution < -0.4 is 35.9 Å². The Hall–Kier alpha value is -6.14. The van der Waals surface area contributed by atoms with Gasteiger partial charge < -0.3 is 69.2 Å². The van der Waals surface area contributed by atoms with Gasteiger partial charge in [0.1, 0.15) is 12.5 Å². The second-order valence-electron chi connectivity index (χ2n) is 30.1. The number of hydrogen-bond acceptors (Lipinski definition) is 20. The lowest BCUT2D eigenvalue weighted by Gasteiger charge is -2.27. The maximum atomic E-state index is 13.8. The van der Waals surface area contributed by atoms with Crippen molar-refractivity contribution in [2.75, 3.05) is 207 Å². The minimum absolute atomic E-state index is 0.0714. The molecule has 6 aliphatic rings. The highest BCUT2D eigenvalue weighted by Gasteiger charge is 2.29. The van der Waals surface area contributed by atoms with E-state index in [0.717, 1.165) is 148 Å². The molecule has 21 nitrogen and oxygen atoms in total. The van der Waals surface area contributed by atoms with Crippen molar-refractivity contribution < 1.29 is 47.4 Å². The van der Waals surface area contributed by atoms with Gasteiger partial charge in [0.25, 0.3) is 5.91 Å². The summed E-state index contributed by atoms with van der Waals surface area (Å²) in [5, 5.41) is 18.9. The number of rotatable bonds is 42. The van der Waals surface area contributed by atoms with Gasteiger partial charge in [-0.25, -0.2) is 0 Å². The lowest BCUT2D eigenvalue weighted by Crippen LogP contribution is -2.37. The predicted octanol–water partition coefficient (Wildman–Crippen LogP) is 13.7. The van der Waals surface area contributed by atoms with E-state index in [1.165, 1.54) is 132 Å². The van der Waals surface area contributed by atoms with E-state index in [4.69, 9.17) is 53.6 Å². The molecule has 628 valence electrons. The van der Waals surface area contributed by atoms with E-state index >= 15 is 0 Å². The Kier molecular flexibility index (Phi) is 52.0. The average molecular weight is 1560 g/mol. The van der Waals surface area contributed by atoms with Crippen LogP contribution >= 0.6 is 0 Å². The first-order valence-corrected chi connectivity index (χ1v) is 42.2. The minimum Gasteiger partial charge on any atom is -0.493 e. The zero-order valence-electron chi connectivity index (χ0n) is 71.3. The molecule has 0 saturated carbocycles. The largest absolute Gasteiger partial charge is 0.493 e. The van der Waals surface area contributed by atoms with E-state index in [1.54, 1.807) is 61.9 Å². The van der Waals surface area contributed by atoms with Crippen molar-refractivity contribution in [2.45, 2.75) is 180 Å². The average Bonchev–Trinajstić information content (AvgIpc) is 1.03. The molecule has 0 radical (unpaired) electrons. The van der Waals surface area contributed by atoms with Crippen molar-refractivity contribution in [2.24, 2.45) is 5.73 Å². The molecule has 1 amide bonds. The number of hydrogen-bond donors (Lipinski definition) is 4. The highest BCUT2D eigenvalue weighted by atomic mass is 16.5. The van der Waals surface area contributed by atoms with Crippen LogP contribution in [0.2, 0.25) is 0 Å². The highest BCUT2D eigenvalue weighted by molar-refractivity contribution is 5.96. The number of nitrogens with one attached hydrogen (secondary N) is 3. The molecule has 10 rings (SSSR count).